The van der Waals surface area contributed by atoms with Gasteiger partial charge in [-0.2, -0.15) is 0 Å². The Hall–Kier alpha value is -3.40. The topological polar surface area (TPSA) is 113 Å². The van der Waals surface area contributed by atoms with Crippen molar-refractivity contribution in [2.75, 3.05) is 6.26 Å². The highest BCUT2D eigenvalue weighted by molar-refractivity contribution is 7.88. The first-order valence-corrected chi connectivity index (χ1v) is 15.5. The summed E-state index contributed by atoms with van der Waals surface area (Å²) in [6.07, 6.45) is 3.79. The minimum atomic E-state index is -3.56. The number of carbonyl (C=O) groups is 2. The molecule has 210 valence electrons. The number of ether oxygens (including phenoxy) is 1. The fraction of sp³-hybridized carbons (Fsp3) is 0.333. The van der Waals surface area contributed by atoms with Crippen LogP contribution in [-0.2, 0) is 21.4 Å². The molecule has 1 saturated carbocycles. The van der Waals surface area contributed by atoms with Gasteiger partial charge in [0.15, 0.2) is 0 Å². The van der Waals surface area contributed by atoms with Crippen LogP contribution < -0.4 is 9.46 Å². The number of nitrogens with one attached hydrogen (secondary N) is 1. The quantitative estimate of drug-likeness (QED) is 0.380. The number of aliphatic carboxylic acids is 1. The summed E-state index contributed by atoms with van der Waals surface area (Å²) in [6.45, 7) is 0.291. The summed E-state index contributed by atoms with van der Waals surface area (Å²) in [6, 6.07) is 19.4. The summed E-state index contributed by atoms with van der Waals surface area (Å²) in [5.74, 6) is -2.09. The molecule has 3 aromatic carbocycles. The number of benzene rings is 3. The van der Waals surface area contributed by atoms with Crippen molar-refractivity contribution in [3.05, 3.63) is 100 Å². The van der Waals surface area contributed by atoms with Crippen LogP contribution in [-0.4, -0.2) is 48.6 Å². The number of halogens is 1. The third-order valence-electron chi connectivity index (χ3n) is 7.62. The second kappa shape index (κ2) is 11.6. The maximum absolute atomic E-state index is 14.2. The number of hydrogen-bond donors (Lipinski definition) is 2. The highest BCUT2D eigenvalue weighted by Crippen LogP contribution is 2.47. The lowest BCUT2D eigenvalue weighted by molar-refractivity contribution is -0.141. The average molecular weight is 583 g/mol. The lowest BCUT2D eigenvalue weighted by atomic mass is 9.77. The van der Waals surface area contributed by atoms with E-state index in [0.29, 0.717) is 41.3 Å². The Labute approximate surface area is 239 Å². The Morgan fingerprint density at radius 3 is 2.42 bits per heavy atom. The smallest absolute Gasteiger partial charge is 0.313 e. The van der Waals surface area contributed by atoms with Gasteiger partial charge in [-0.25, -0.2) is 13.1 Å². The molecule has 1 fully saturated rings. The molecular formula is C30H31ClN2O6S. The van der Waals surface area contributed by atoms with Gasteiger partial charge in [-0.05, 0) is 59.9 Å². The molecule has 0 saturated heterocycles. The van der Waals surface area contributed by atoms with Crippen LogP contribution >= 0.6 is 11.6 Å². The molecule has 1 aliphatic carbocycles. The molecular weight excluding hydrogens is 552 g/mol. The lowest BCUT2D eigenvalue weighted by Crippen LogP contribution is -2.58. The first-order valence-electron chi connectivity index (χ1n) is 13.2. The zero-order chi connectivity index (χ0) is 28.4. The number of hydrogen-bond acceptors (Lipinski definition) is 5. The van der Waals surface area contributed by atoms with Crippen LogP contribution in [0.15, 0.2) is 72.8 Å². The SMILES string of the molecule is CS(=O)(=O)N[C@H]1CCCC[C@@H]1N1C(=O)c2ccc(OCc3ccccc3)cc2[C@@H](C(=O)O)[C@@H]1c1ccc(Cl)cc1. The second-order valence-corrected chi connectivity index (χ2v) is 12.6. The molecule has 8 nitrogen and oxygen atoms in total. The van der Waals surface area contributed by atoms with E-state index in [1.54, 1.807) is 47.4 Å². The fourth-order valence-corrected chi connectivity index (χ4v) is 6.87. The summed E-state index contributed by atoms with van der Waals surface area (Å²) in [4.78, 5) is 28.8. The zero-order valence-electron chi connectivity index (χ0n) is 22.0. The van der Waals surface area contributed by atoms with E-state index < -0.39 is 40.0 Å². The van der Waals surface area contributed by atoms with Crippen LogP contribution in [0.4, 0.5) is 0 Å². The Morgan fingerprint density at radius 2 is 1.75 bits per heavy atom. The third-order valence-corrected chi connectivity index (χ3v) is 8.60. The van der Waals surface area contributed by atoms with E-state index in [-0.39, 0.29) is 11.5 Å². The maximum Gasteiger partial charge on any atom is 0.313 e. The Kier molecular flexibility index (Phi) is 8.16. The zero-order valence-corrected chi connectivity index (χ0v) is 23.6. The van der Waals surface area contributed by atoms with E-state index in [1.165, 1.54) is 0 Å². The van der Waals surface area contributed by atoms with E-state index in [9.17, 15) is 23.1 Å². The third kappa shape index (κ3) is 6.01. The van der Waals surface area contributed by atoms with Crippen molar-refractivity contribution in [3.8, 4) is 5.75 Å². The van der Waals surface area contributed by atoms with Crippen LogP contribution in [0.5, 0.6) is 5.75 Å². The van der Waals surface area contributed by atoms with E-state index in [1.807, 2.05) is 30.3 Å². The molecule has 40 heavy (non-hydrogen) atoms. The summed E-state index contributed by atoms with van der Waals surface area (Å²) < 4.78 is 33.2. The van der Waals surface area contributed by atoms with Gasteiger partial charge in [-0.1, -0.05) is 66.9 Å². The van der Waals surface area contributed by atoms with Crippen LogP contribution in [0.1, 0.15) is 64.7 Å². The van der Waals surface area contributed by atoms with E-state index in [0.717, 1.165) is 24.7 Å². The Balaban J connectivity index is 1.60. The largest absolute Gasteiger partial charge is 0.489 e. The molecule has 4 atom stereocenters. The molecule has 0 radical (unpaired) electrons. The molecule has 2 N–H and O–H groups in total. The predicted octanol–water partition coefficient (Wildman–Crippen LogP) is 5.14. The van der Waals surface area contributed by atoms with Crippen LogP contribution in [0.2, 0.25) is 5.02 Å². The molecule has 0 unspecified atom stereocenters. The van der Waals surface area contributed by atoms with Gasteiger partial charge in [-0.15, -0.1) is 0 Å². The summed E-state index contributed by atoms with van der Waals surface area (Å²) in [7, 11) is -3.56. The molecule has 2 aliphatic rings. The van der Waals surface area contributed by atoms with Gasteiger partial charge in [0, 0.05) is 22.7 Å². The van der Waals surface area contributed by atoms with Crippen molar-refractivity contribution < 1.29 is 27.9 Å². The van der Waals surface area contributed by atoms with Crippen molar-refractivity contribution in [3.63, 3.8) is 0 Å². The predicted molar refractivity (Wildman–Crippen MR) is 152 cm³/mol. The molecule has 0 bridgehead atoms. The van der Waals surface area contributed by atoms with Gasteiger partial charge >= 0.3 is 5.97 Å². The Morgan fingerprint density at radius 1 is 1.05 bits per heavy atom. The second-order valence-electron chi connectivity index (χ2n) is 10.4. The number of fused-ring (bicyclic) bond motifs is 1. The van der Waals surface area contributed by atoms with Gasteiger partial charge in [0.1, 0.15) is 18.3 Å². The number of carboxylic acid groups (broad SMARTS) is 1. The molecule has 0 aromatic heterocycles. The molecule has 0 spiro atoms. The van der Waals surface area contributed by atoms with E-state index >= 15 is 0 Å². The Bertz CT molecular complexity index is 1500. The van der Waals surface area contributed by atoms with Gasteiger partial charge in [-0.3, -0.25) is 9.59 Å². The van der Waals surface area contributed by atoms with Gasteiger partial charge < -0.3 is 14.7 Å². The number of carbonyl (C=O) groups excluding carboxylic acids is 1. The molecule has 1 amide bonds. The normalized spacial score (nSPS) is 22.9. The van der Waals surface area contributed by atoms with Crippen LogP contribution in [0.3, 0.4) is 0 Å². The van der Waals surface area contributed by atoms with Crippen molar-refractivity contribution >= 4 is 33.5 Å². The van der Waals surface area contributed by atoms with E-state index in [2.05, 4.69) is 4.72 Å². The summed E-state index contributed by atoms with van der Waals surface area (Å²) in [5, 5.41) is 11.1. The van der Waals surface area contributed by atoms with Crippen LogP contribution in [0, 0.1) is 0 Å². The highest BCUT2D eigenvalue weighted by Gasteiger charge is 2.49. The standard InChI is InChI=1S/C30H31ClN2O6S/c1-40(37,38)32-25-9-5-6-10-26(25)33-28(20-11-13-21(31)14-12-20)27(30(35)36)24-17-22(15-16-23(24)29(33)34)39-18-19-7-3-2-4-8-19/h2-4,7-8,11-17,25-28,32H,5-6,9-10,18H2,1H3,(H,35,36)/t25-,26-,27+,28-/m0/s1. The van der Waals surface area contributed by atoms with Crippen molar-refractivity contribution in [1.29, 1.82) is 0 Å². The monoisotopic (exact) mass is 582 g/mol. The highest BCUT2D eigenvalue weighted by atomic mass is 35.5. The molecule has 10 heteroatoms. The minimum Gasteiger partial charge on any atom is -0.489 e. The maximum atomic E-state index is 14.2. The number of amides is 1. The number of rotatable bonds is 8. The molecule has 1 aliphatic heterocycles. The molecule has 3 aromatic rings. The molecule has 1 heterocycles. The van der Waals surface area contributed by atoms with Crippen molar-refractivity contribution in [2.45, 2.75) is 56.3 Å². The summed E-state index contributed by atoms with van der Waals surface area (Å²) in [5.41, 5.74) is 2.20. The summed E-state index contributed by atoms with van der Waals surface area (Å²) >= 11 is 6.16. The first-order chi connectivity index (χ1) is 19.1. The minimum absolute atomic E-state index is 0.272. The van der Waals surface area contributed by atoms with Crippen molar-refractivity contribution in [1.82, 2.24) is 9.62 Å². The average Bonchev–Trinajstić information content (AvgIpc) is 2.92. The van der Waals surface area contributed by atoms with Gasteiger partial charge in [0.25, 0.3) is 5.91 Å². The lowest BCUT2D eigenvalue weighted by Gasteiger charge is -2.48. The first kappa shape index (κ1) is 28.1. The van der Waals surface area contributed by atoms with Crippen LogP contribution in [0.25, 0.3) is 0 Å². The number of nitrogens with zero attached hydrogens (tertiary/aromatic N) is 1. The van der Waals surface area contributed by atoms with Gasteiger partial charge in [0.05, 0.1) is 12.3 Å². The molecule has 5 rings (SSSR count). The van der Waals surface area contributed by atoms with Gasteiger partial charge in [0.2, 0.25) is 10.0 Å². The fourth-order valence-electron chi connectivity index (χ4n) is 5.91. The number of carboxylic acids is 1. The number of sulfonamides is 1. The van der Waals surface area contributed by atoms with Crippen molar-refractivity contribution in [2.24, 2.45) is 0 Å². The van der Waals surface area contributed by atoms with E-state index in [4.69, 9.17) is 16.3 Å².